The molecular weight excluding hydrogens is 368 g/mol. The number of likely N-dealkylation sites (tertiary alicyclic amines) is 1. The van der Waals surface area contributed by atoms with Crippen LogP contribution in [0, 0.1) is 0 Å². The smallest absolute Gasteiger partial charge is 0.231 e. The number of benzene rings is 2. The first-order valence-electron chi connectivity index (χ1n) is 9.99. The van der Waals surface area contributed by atoms with Crippen molar-refractivity contribution in [2.24, 2.45) is 4.99 Å². The highest BCUT2D eigenvalue weighted by atomic mass is 16.7. The minimum atomic E-state index is -0.127. The van der Waals surface area contributed by atoms with E-state index >= 15 is 0 Å². The molecular formula is C21H20N6O2. The first-order valence-corrected chi connectivity index (χ1v) is 9.99. The third-order valence-electron chi connectivity index (χ3n) is 5.77. The molecule has 0 amide bonds. The monoisotopic (exact) mass is 388 g/mol. The summed E-state index contributed by atoms with van der Waals surface area (Å²) in [6.45, 7) is 2.25. The zero-order valence-electron chi connectivity index (χ0n) is 15.9. The molecule has 146 valence electrons. The predicted molar refractivity (Wildman–Crippen MR) is 106 cm³/mol. The van der Waals surface area contributed by atoms with E-state index < -0.39 is 0 Å². The quantitative estimate of drug-likeness (QED) is 0.672. The van der Waals surface area contributed by atoms with Crippen LogP contribution in [0.1, 0.15) is 36.7 Å². The highest BCUT2D eigenvalue weighted by Crippen LogP contribution is 2.39. The Bertz CT molecular complexity index is 1100. The molecule has 0 saturated carbocycles. The van der Waals surface area contributed by atoms with Crippen LogP contribution in [0.3, 0.4) is 0 Å². The SMILES string of the molecule is c1ccc2c(c1)N=C(c1ccc3c(c1)OCO3)C(N1CCCCC1)c1nnnn1-2. The molecule has 1 atom stereocenters. The lowest BCUT2D eigenvalue weighted by atomic mass is 9.98. The molecule has 3 aromatic rings. The number of fused-ring (bicyclic) bond motifs is 4. The van der Waals surface area contributed by atoms with Gasteiger partial charge in [-0.25, -0.2) is 4.99 Å². The van der Waals surface area contributed by atoms with Gasteiger partial charge in [0.1, 0.15) is 6.04 Å². The van der Waals surface area contributed by atoms with Crippen molar-refractivity contribution in [2.75, 3.05) is 19.9 Å². The van der Waals surface area contributed by atoms with Gasteiger partial charge in [-0.2, -0.15) is 4.68 Å². The third kappa shape index (κ3) is 2.71. The minimum Gasteiger partial charge on any atom is -0.454 e. The second-order valence-corrected chi connectivity index (χ2v) is 7.50. The van der Waals surface area contributed by atoms with E-state index in [-0.39, 0.29) is 12.8 Å². The van der Waals surface area contributed by atoms with Gasteiger partial charge in [0.15, 0.2) is 17.3 Å². The molecule has 6 rings (SSSR count). The lowest BCUT2D eigenvalue weighted by molar-refractivity contribution is 0.174. The van der Waals surface area contributed by atoms with Crippen LogP contribution >= 0.6 is 0 Å². The van der Waals surface area contributed by atoms with Gasteiger partial charge in [0.05, 0.1) is 17.1 Å². The summed E-state index contributed by atoms with van der Waals surface area (Å²) in [5.41, 5.74) is 3.68. The summed E-state index contributed by atoms with van der Waals surface area (Å²) in [7, 11) is 0. The molecule has 0 spiro atoms. The molecule has 1 aromatic heterocycles. The maximum absolute atomic E-state index is 5.63. The number of nitrogens with zero attached hydrogens (tertiary/aromatic N) is 6. The highest BCUT2D eigenvalue weighted by molar-refractivity contribution is 6.07. The maximum atomic E-state index is 5.63. The molecule has 1 fully saturated rings. The van der Waals surface area contributed by atoms with Gasteiger partial charge in [-0.05, 0) is 66.7 Å². The Labute approximate surface area is 167 Å². The van der Waals surface area contributed by atoms with E-state index in [1.54, 1.807) is 0 Å². The van der Waals surface area contributed by atoms with Crippen LogP contribution in [0.25, 0.3) is 5.69 Å². The van der Waals surface area contributed by atoms with Crippen molar-refractivity contribution < 1.29 is 9.47 Å². The number of rotatable bonds is 2. The van der Waals surface area contributed by atoms with E-state index in [9.17, 15) is 0 Å². The summed E-state index contributed by atoms with van der Waals surface area (Å²) < 4.78 is 13.0. The topological polar surface area (TPSA) is 77.7 Å². The lowest BCUT2D eigenvalue weighted by Gasteiger charge is -2.33. The molecule has 1 unspecified atom stereocenters. The number of aromatic nitrogens is 4. The van der Waals surface area contributed by atoms with Crippen molar-refractivity contribution in [1.82, 2.24) is 25.1 Å². The molecule has 3 aliphatic heterocycles. The average Bonchev–Trinajstić information content (AvgIpc) is 3.41. The summed E-state index contributed by atoms with van der Waals surface area (Å²) in [4.78, 5) is 7.57. The van der Waals surface area contributed by atoms with E-state index in [4.69, 9.17) is 14.5 Å². The van der Waals surface area contributed by atoms with Crippen LogP contribution in [0.4, 0.5) is 5.69 Å². The number of ether oxygens (including phenoxy) is 2. The molecule has 2 aromatic carbocycles. The lowest BCUT2D eigenvalue weighted by Crippen LogP contribution is -2.39. The van der Waals surface area contributed by atoms with E-state index in [1.807, 2.05) is 47.1 Å². The average molecular weight is 388 g/mol. The molecule has 4 heterocycles. The first-order chi connectivity index (χ1) is 14.4. The number of tetrazole rings is 1. The number of aliphatic imine (C=N–C) groups is 1. The molecule has 1 saturated heterocycles. The summed E-state index contributed by atoms with van der Waals surface area (Å²) in [6.07, 6.45) is 3.59. The fraction of sp³-hybridized carbons (Fsp3) is 0.333. The molecule has 0 bridgehead atoms. The van der Waals surface area contributed by atoms with Gasteiger partial charge in [-0.1, -0.05) is 18.6 Å². The Kier molecular flexibility index (Phi) is 3.83. The van der Waals surface area contributed by atoms with Crippen LogP contribution in [0.15, 0.2) is 47.5 Å². The van der Waals surface area contributed by atoms with E-state index in [1.165, 1.54) is 19.3 Å². The second-order valence-electron chi connectivity index (χ2n) is 7.50. The van der Waals surface area contributed by atoms with Crippen molar-refractivity contribution in [3.63, 3.8) is 0 Å². The summed E-state index contributed by atoms with van der Waals surface area (Å²) in [5.74, 6) is 2.32. The Hall–Kier alpha value is -3.26. The van der Waals surface area contributed by atoms with E-state index in [2.05, 4.69) is 20.4 Å². The van der Waals surface area contributed by atoms with Crippen molar-refractivity contribution in [1.29, 1.82) is 0 Å². The third-order valence-corrected chi connectivity index (χ3v) is 5.77. The van der Waals surface area contributed by atoms with Crippen molar-refractivity contribution in [3.8, 4) is 17.2 Å². The van der Waals surface area contributed by atoms with Crippen molar-refractivity contribution in [3.05, 3.63) is 53.9 Å². The molecule has 0 N–H and O–H groups in total. The standard InChI is InChI=1S/C21H20N6O2/c1-4-10-26(11-5-1)20-19(14-8-9-17-18(12-14)29-13-28-17)22-15-6-2-3-7-16(15)27-21(20)23-24-25-27/h2-3,6-9,12,20H,1,4-5,10-11,13H2. The second kappa shape index (κ2) is 6.66. The zero-order valence-corrected chi connectivity index (χ0v) is 15.9. The van der Waals surface area contributed by atoms with Gasteiger partial charge < -0.3 is 9.47 Å². The van der Waals surface area contributed by atoms with Crippen LogP contribution < -0.4 is 9.47 Å². The number of hydrogen-bond acceptors (Lipinski definition) is 7. The van der Waals surface area contributed by atoms with Gasteiger partial charge in [0.2, 0.25) is 6.79 Å². The Morgan fingerprint density at radius 2 is 1.79 bits per heavy atom. The summed E-state index contributed by atoms with van der Waals surface area (Å²) >= 11 is 0. The Morgan fingerprint density at radius 1 is 0.931 bits per heavy atom. The molecule has 29 heavy (non-hydrogen) atoms. The van der Waals surface area contributed by atoms with Gasteiger partial charge in [0.25, 0.3) is 0 Å². The van der Waals surface area contributed by atoms with Crippen LogP contribution in [0.2, 0.25) is 0 Å². The van der Waals surface area contributed by atoms with Crippen molar-refractivity contribution >= 4 is 11.4 Å². The van der Waals surface area contributed by atoms with E-state index in [0.29, 0.717) is 0 Å². The van der Waals surface area contributed by atoms with Gasteiger partial charge in [0, 0.05) is 5.56 Å². The first kappa shape index (κ1) is 16.7. The van der Waals surface area contributed by atoms with Gasteiger partial charge in [-0.15, -0.1) is 5.10 Å². The fourth-order valence-corrected chi connectivity index (χ4v) is 4.38. The summed E-state index contributed by atoms with van der Waals surface area (Å²) in [5, 5.41) is 12.8. The van der Waals surface area contributed by atoms with Gasteiger partial charge >= 0.3 is 0 Å². The van der Waals surface area contributed by atoms with Crippen LogP contribution in [-0.4, -0.2) is 50.7 Å². The normalized spacial score (nSPS) is 20.6. The van der Waals surface area contributed by atoms with Crippen LogP contribution in [-0.2, 0) is 0 Å². The maximum Gasteiger partial charge on any atom is 0.231 e. The summed E-state index contributed by atoms with van der Waals surface area (Å²) in [6, 6.07) is 13.9. The zero-order chi connectivity index (χ0) is 19.2. The molecule has 8 nitrogen and oxygen atoms in total. The predicted octanol–water partition coefficient (Wildman–Crippen LogP) is 3.05. The fourth-order valence-electron chi connectivity index (χ4n) is 4.38. The molecule has 0 radical (unpaired) electrons. The number of para-hydroxylation sites is 2. The Balaban J connectivity index is 1.57. The van der Waals surface area contributed by atoms with Crippen LogP contribution in [0.5, 0.6) is 11.5 Å². The molecule has 0 aliphatic carbocycles. The van der Waals surface area contributed by atoms with E-state index in [0.717, 1.165) is 53.1 Å². The van der Waals surface area contributed by atoms with Gasteiger partial charge in [-0.3, -0.25) is 4.90 Å². The number of piperidine rings is 1. The highest BCUT2D eigenvalue weighted by Gasteiger charge is 2.35. The van der Waals surface area contributed by atoms with Crippen molar-refractivity contribution in [2.45, 2.75) is 25.3 Å². The number of hydrogen-bond donors (Lipinski definition) is 0. The largest absolute Gasteiger partial charge is 0.454 e. The molecule has 8 heteroatoms. The molecule has 3 aliphatic rings. The minimum absolute atomic E-state index is 0.127. The Morgan fingerprint density at radius 3 is 2.72 bits per heavy atom.